The van der Waals surface area contributed by atoms with Gasteiger partial charge >= 0.3 is 6.18 Å². The SMILES string of the molecule is O=C1CN(Cc2cccc3c2NCC3)CN1CC(F)(F)F. The normalized spacial score (nSPS) is 19.0. The summed E-state index contributed by atoms with van der Waals surface area (Å²) in [6.45, 7) is 0.261. The van der Waals surface area contributed by atoms with E-state index in [9.17, 15) is 18.0 Å². The lowest BCUT2D eigenvalue weighted by molar-refractivity contribution is -0.157. The van der Waals surface area contributed by atoms with Crippen LogP contribution in [0.4, 0.5) is 18.9 Å². The van der Waals surface area contributed by atoms with Crippen molar-refractivity contribution in [3.05, 3.63) is 29.3 Å². The molecule has 2 aliphatic rings. The van der Waals surface area contributed by atoms with E-state index in [1.165, 1.54) is 5.56 Å². The lowest BCUT2D eigenvalue weighted by atomic mass is 10.1. The molecule has 2 heterocycles. The Labute approximate surface area is 120 Å². The Morgan fingerprint density at radius 1 is 1.29 bits per heavy atom. The second kappa shape index (κ2) is 5.22. The Hall–Kier alpha value is -1.76. The Morgan fingerprint density at radius 2 is 2.10 bits per heavy atom. The van der Waals surface area contributed by atoms with Gasteiger partial charge in [-0.2, -0.15) is 13.2 Å². The van der Waals surface area contributed by atoms with Crippen molar-refractivity contribution in [3.8, 4) is 0 Å². The van der Waals surface area contributed by atoms with Crippen molar-refractivity contribution >= 4 is 11.6 Å². The molecule has 0 aromatic heterocycles. The number of carbonyl (C=O) groups is 1. The van der Waals surface area contributed by atoms with Crippen LogP contribution >= 0.6 is 0 Å². The molecule has 0 spiro atoms. The average molecular weight is 299 g/mol. The largest absolute Gasteiger partial charge is 0.406 e. The van der Waals surface area contributed by atoms with E-state index < -0.39 is 18.6 Å². The predicted molar refractivity (Wildman–Crippen MR) is 71.7 cm³/mol. The van der Waals surface area contributed by atoms with Gasteiger partial charge in [-0.25, -0.2) is 0 Å². The summed E-state index contributed by atoms with van der Waals surface area (Å²) in [7, 11) is 0. The highest BCUT2D eigenvalue weighted by atomic mass is 19.4. The summed E-state index contributed by atoms with van der Waals surface area (Å²) in [6.07, 6.45) is -3.39. The standard InChI is InChI=1S/C14H16F3N3O/c15-14(16,17)8-20-9-19(7-12(20)21)6-11-3-1-2-10-4-5-18-13(10)11/h1-3,18H,4-9H2. The molecule has 1 aromatic carbocycles. The van der Waals surface area contributed by atoms with E-state index in [-0.39, 0.29) is 13.2 Å². The van der Waals surface area contributed by atoms with Gasteiger partial charge in [0, 0.05) is 18.8 Å². The van der Waals surface area contributed by atoms with Gasteiger partial charge in [-0.15, -0.1) is 0 Å². The van der Waals surface area contributed by atoms with Gasteiger partial charge in [-0.1, -0.05) is 18.2 Å². The maximum Gasteiger partial charge on any atom is 0.406 e. The van der Waals surface area contributed by atoms with Crippen LogP contribution in [0.5, 0.6) is 0 Å². The zero-order valence-corrected chi connectivity index (χ0v) is 11.4. The second-order valence-corrected chi connectivity index (χ2v) is 5.46. The Kier molecular flexibility index (Phi) is 3.52. The number of hydrogen-bond acceptors (Lipinski definition) is 3. The summed E-state index contributed by atoms with van der Waals surface area (Å²) in [5, 5.41) is 3.30. The first-order valence-corrected chi connectivity index (χ1v) is 6.84. The fourth-order valence-electron chi connectivity index (χ4n) is 2.91. The molecule has 1 amide bonds. The number of carbonyl (C=O) groups excluding carboxylic acids is 1. The number of nitrogens with zero attached hydrogens (tertiary/aromatic N) is 2. The third kappa shape index (κ3) is 3.12. The van der Waals surface area contributed by atoms with Gasteiger partial charge in [0.1, 0.15) is 6.54 Å². The molecule has 0 bridgehead atoms. The zero-order chi connectivity index (χ0) is 15.0. The van der Waals surface area contributed by atoms with Crippen LogP contribution in [0.15, 0.2) is 18.2 Å². The average Bonchev–Trinajstić information content (AvgIpc) is 2.96. The third-order valence-corrected chi connectivity index (χ3v) is 3.78. The minimum Gasteiger partial charge on any atom is -0.384 e. The molecule has 0 radical (unpaired) electrons. The number of rotatable bonds is 3. The molecule has 1 saturated heterocycles. The zero-order valence-electron chi connectivity index (χ0n) is 11.4. The number of para-hydroxylation sites is 1. The number of amides is 1. The molecular weight excluding hydrogens is 283 g/mol. The maximum atomic E-state index is 12.4. The molecule has 4 nitrogen and oxygen atoms in total. The summed E-state index contributed by atoms with van der Waals surface area (Å²) in [5.41, 5.74) is 3.33. The number of halogens is 3. The van der Waals surface area contributed by atoms with E-state index in [0.717, 1.165) is 29.1 Å². The monoisotopic (exact) mass is 299 g/mol. The Bertz CT molecular complexity index is 559. The molecule has 1 N–H and O–H groups in total. The van der Waals surface area contributed by atoms with Crippen LogP contribution in [0.2, 0.25) is 0 Å². The van der Waals surface area contributed by atoms with Gasteiger partial charge < -0.3 is 10.2 Å². The molecule has 2 aliphatic heterocycles. The van der Waals surface area contributed by atoms with Crippen molar-refractivity contribution in [1.82, 2.24) is 9.80 Å². The molecular formula is C14H16F3N3O. The van der Waals surface area contributed by atoms with Crippen LogP contribution in [0.25, 0.3) is 0 Å². The van der Waals surface area contributed by atoms with Crippen LogP contribution < -0.4 is 5.32 Å². The van der Waals surface area contributed by atoms with E-state index in [1.807, 2.05) is 18.2 Å². The van der Waals surface area contributed by atoms with E-state index in [0.29, 0.717) is 6.54 Å². The Morgan fingerprint density at radius 3 is 2.86 bits per heavy atom. The fourth-order valence-corrected chi connectivity index (χ4v) is 2.91. The first kappa shape index (κ1) is 14.2. The van der Waals surface area contributed by atoms with Gasteiger partial charge in [-0.3, -0.25) is 9.69 Å². The van der Waals surface area contributed by atoms with Gasteiger partial charge in [0.25, 0.3) is 0 Å². The number of benzene rings is 1. The summed E-state index contributed by atoms with van der Waals surface area (Å²) in [4.78, 5) is 14.3. The molecule has 7 heteroatoms. The quantitative estimate of drug-likeness (QED) is 0.925. The third-order valence-electron chi connectivity index (χ3n) is 3.78. The topological polar surface area (TPSA) is 35.6 Å². The van der Waals surface area contributed by atoms with Crippen molar-refractivity contribution in [2.24, 2.45) is 0 Å². The van der Waals surface area contributed by atoms with E-state index in [4.69, 9.17) is 0 Å². The molecule has 0 atom stereocenters. The van der Waals surface area contributed by atoms with Crippen molar-refractivity contribution in [3.63, 3.8) is 0 Å². The van der Waals surface area contributed by atoms with Crippen molar-refractivity contribution in [2.75, 3.05) is 31.6 Å². The fraction of sp³-hybridized carbons (Fsp3) is 0.500. The second-order valence-electron chi connectivity index (χ2n) is 5.46. The molecule has 1 aromatic rings. The first-order chi connectivity index (χ1) is 9.92. The van der Waals surface area contributed by atoms with E-state index >= 15 is 0 Å². The lowest BCUT2D eigenvalue weighted by Gasteiger charge is -2.20. The highest BCUT2D eigenvalue weighted by Crippen LogP contribution is 2.28. The summed E-state index contributed by atoms with van der Waals surface area (Å²) in [5.74, 6) is -0.465. The predicted octanol–water partition coefficient (Wildman–Crippen LogP) is 1.82. The van der Waals surface area contributed by atoms with Crippen LogP contribution in [-0.2, 0) is 17.8 Å². The molecule has 3 rings (SSSR count). The molecule has 1 fully saturated rings. The Balaban J connectivity index is 1.67. The van der Waals surface area contributed by atoms with Gasteiger partial charge in [0.2, 0.25) is 5.91 Å². The van der Waals surface area contributed by atoms with Crippen LogP contribution in [0.3, 0.4) is 0 Å². The molecule has 0 unspecified atom stereocenters. The highest BCUT2D eigenvalue weighted by molar-refractivity contribution is 5.80. The number of hydrogen-bond donors (Lipinski definition) is 1. The number of nitrogens with one attached hydrogen (secondary N) is 1. The number of anilines is 1. The minimum absolute atomic E-state index is 0.0298. The molecule has 21 heavy (non-hydrogen) atoms. The first-order valence-electron chi connectivity index (χ1n) is 6.84. The molecule has 0 saturated carbocycles. The van der Waals surface area contributed by atoms with E-state index in [1.54, 1.807) is 4.90 Å². The van der Waals surface area contributed by atoms with Gasteiger partial charge in [0.05, 0.1) is 13.2 Å². The maximum absolute atomic E-state index is 12.4. The van der Waals surface area contributed by atoms with Gasteiger partial charge in [0.15, 0.2) is 0 Å². The summed E-state index contributed by atoms with van der Waals surface area (Å²) in [6, 6.07) is 5.95. The minimum atomic E-state index is -4.35. The van der Waals surface area contributed by atoms with E-state index in [2.05, 4.69) is 5.32 Å². The van der Waals surface area contributed by atoms with Crippen molar-refractivity contribution < 1.29 is 18.0 Å². The number of fused-ring (bicyclic) bond motifs is 1. The van der Waals surface area contributed by atoms with Crippen LogP contribution in [0, 0.1) is 0 Å². The summed E-state index contributed by atoms with van der Waals surface area (Å²) < 4.78 is 37.2. The highest BCUT2D eigenvalue weighted by Gasteiger charge is 2.37. The molecule has 0 aliphatic carbocycles. The molecule has 114 valence electrons. The van der Waals surface area contributed by atoms with Crippen molar-refractivity contribution in [1.29, 1.82) is 0 Å². The lowest BCUT2D eigenvalue weighted by Crippen LogP contribution is -2.36. The van der Waals surface area contributed by atoms with Crippen molar-refractivity contribution in [2.45, 2.75) is 19.1 Å². The van der Waals surface area contributed by atoms with Gasteiger partial charge in [-0.05, 0) is 17.5 Å². The van der Waals surface area contributed by atoms with Crippen LogP contribution in [-0.4, -0.2) is 48.2 Å². The smallest absolute Gasteiger partial charge is 0.384 e. The number of alkyl halides is 3. The summed E-state index contributed by atoms with van der Waals surface area (Å²) >= 11 is 0. The van der Waals surface area contributed by atoms with Crippen LogP contribution in [0.1, 0.15) is 11.1 Å².